The molecule has 1 atom stereocenters. The number of anilines is 1. The van der Waals surface area contributed by atoms with Gasteiger partial charge in [0.15, 0.2) is 18.1 Å². The third-order valence-corrected chi connectivity index (χ3v) is 5.38. The fraction of sp³-hybridized carbons (Fsp3) is 0.385. The van der Waals surface area contributed by atoms with Gasteiger partial charge >= 0.3 is 11.8 Å². The molecule has 0 aliphatic carbocycles. The number of amides is 3. The molecule has 1 fully saturated rings. The Bertz CT molecular complexity index is 1110. The predicted molar refractivity (Wildman–Crippen MR) is 135 cm³/mol. The lowest BCUT2D eigenvalue weighted by atomic mass is 10.1. The number of rotatable bonds is 10. The summed E-state index contributed by atoms with van der Waals surface area (Å²) in [4.78, 5) is 36.2. The lowest BCUT2D eigenvalue weighted by Crippen LogP contribution is -2.41. The van der Waals surface area contributed by atoms with Crippen molar-refractivity contribution < 1.29 is 28.6 Å². The number of carbonyl (C=O) groups is 3. The summed E-state index contributed by atoms with van der Waals surface area (Å²) in [6.45, 7) is 6.89. The molecule has 0 radical (unpaired) electrons. The third kappa shape index (κ3) is 8.09. The molecule has 3 N–H and O–H groups in total. The minimum absolute atomic E-state index is 0.0548. The maximum atomic E-state index is 12.4. The van der Waals surface area contributed by atoms with E-state index in [0.717, 1.165) is 29.7 Å². The van der Waals surface area contributed by atoms with Crippen molar-refractivity contribution in [1.82, 2.24) is 10.7 Å². The van der Waals surface area contributed by atoms with E-state index in [0.29, 0.717) is 30.3 Å². The molecule has 1 aliphatic heterocycles. The number of benzene rings is 2. The molecule has 3 amide bonds. The number of hydrogen-bond acceptors (Lipinski definition) is 7. The molecule has 1 aliphatic rings. The van der Waals surface area contributed by atoms with Crippen LogP contribution in [-0.4, -0.2) is 56.4 Å². The first-order chi connectivity index (χ1) is 17.4. The molecule has 2 aromatic carbocycles. The Labute approximate surface area is 210 Å². The Morgan fingerprint density at radius 1 is 1.08 bits per heavy atom. The van der Waals surface area contributed by atoms with Crippen LogP contribution in [0.25, 0.3) is 0 Å². The average molecular weight is 497 g/mol. The maximum absolute atomic E-state index is 12.4. The van der Waals surface area contributed by atoms with Gasteiger partial charge in [0.2, 0.25) is 0 Å². The van der Waals surface area contributed by atoms with Gasteiger partial charge < -0.3 is 24.8 Å². The van der Waals surface area contributed by atoms with Gasteiger partial charge in [-0.3, -0.25) is 14.4 Å². The Kier molecular flexibility index (Phi) is 9.82. The van der Waals surface area contributed by atoms with E-state index in [1.165, 1.54) is 6.21 Å². The van der Waals surface area contributed by atoms with E-state index in [1.807, 2.05) is 39.0 Å². The highest BCUT2D eigenvalue weighted by atomic mass is 16.5. The first kappa shape index (κ1) is 26.7. The highest BCUT2D eigenvalue weighted by molar-refractivity contribution is 6.35. The van der Waals surface area contributed by atoms with Gasteiger partial charge in [0, 0.05) is 18.8 Å². The molecule has 0 aromatic heterocycles. The Morgan fingerprint density at radius 2 is 1.92 bits per heavy atom. The van der Waals surface area contributed by atoms with E-state index < -0.39 is 11.8 Å². The summed E-state index contributed by atoms with van der Waals surface area (Å²) in [5, 5.41) is 9.20. The lowest BCUT2D eigenvalue weighted by Gasteiger charge is -2.13. The van der Waals surface area contributed by atoms with Crippen molar-refractivity contribution >= 4 is 29.6 Å². The van der Waals surface area contributed by atoms with E-state index in [-0.39, 0.29) is 25.2 Å². The second-order valence-corrected chi connectivity index (χ2v) is 8.34. The normalized spacial score (nSPS) is 14.9. The molecule has 10 heteroatoms. The second kappa shape index (κ2) is 13.2. The van der Waals surface area contributed by atoms with Crippen LogP contribution in [0, 0.1) is 13.8 Å². The van der Waals surface area contributed by atoms with Gasteiger partial charge in [-0.05, 0) is 69.0 Å². The summed E-state index contributed by atoms with van der Waals surface area (Å²) >= 11 is 0. The number of hydrazone groups is 1. The number of nitrogens with one attached hydrogen (secondary N) is 3. The minimum Gasteiger partial charge on any atom is -0.490 e. The first-order valence-electron chi connectivity index (χ1n) is 11.8. The standard InChI is InChI=1S/C26H32N4O6/c1-4-34-23-13-19(14-28-30-26(33)25(32)27-15-20-6-5-11-35-20)8-10-22(23)36-16-24(31)29-21-9-7-17(2)12-18(21)3/h7-10,12-14,20H,4-6,11,15-16H2,1-3H3,(H,27,32)(H,29,31)(H,30,33)/b28-14-/t20-/m0/s1. The van der Waals surface area contributed by atoms with E-state index in [9.17, 15) is 14.4 Å². The molecule has 3 rings (SSSR count). The lowest BCUT2D eigenvalue weighted by molar-refractivity contribution is -0.139. The van der Waals surface area contributed by atoms with Crippen LogP contribution in [0.3, 0.4) is 0 Å². The molecule has 192 valence electrons. The van der Waals surface area contributed by atoms with Gasteiger partial charge in [-0.15, -0.1) is 0 Å². The minimum atomic E-state index is -0.871. The van der Waals surface area contributed by atoms with E-state index in [1.54, 1.807) is 18.2 Å². The summed E-state index contributed by atoms with van der Waals surface area (Å²) in [6, 6.07) is 10.8. The number of aryl methyl sites for hydroxylation is 2. The Morgan fingerprint density at radius 3 is 2.64 bits per heavy atom. The molecule has 0 bridgehead atoms. The fourth-order valence-electron chi connectivity index (χ4n) is 3.58. The monoisotopic (exact) mass is 496 g/mol. The van der Waals surface area contributed by atoms with Gasteiger partial charge in [0.05, 0.1) is 18.9 Å². The van der Waals surface area contributed by atoms with Crippen LogP contribution in [-0.2, 0) is 19.1 Å². The predicted octanol–water partition coefficient (Wildman–Crippen LogP) is 2.46. The summed E-state index contributed by atoms with van der Waals surface area (Å²) < 4.78 is 16.7. The van der Waals surface area contributed by atoms with Crippen LogP contribution in [0.2, 0.25) is 0 Å². The Balaban J connectivity index is 1.52. The quantitative estimate of drug-likeness (QED) is 0.263. The molecule has 0 saturated carbocycles. The van der Waals surface area contributed by atoms with Crippen LogP contribution < -0.4 is 25.5 Å². The smallest absolute Gasteiger partial charge is 0.329 e. The second-order valence-electron chi connectivity index (χ2n) is 8.34. The summed E-state index contributed by atoms with van der Waals surface area (Å²) in [7, 11) is 0. The molecular formula is C26H32N4O6. The molecular weight excluding hydrogens is 464 g/mol. The van der Waals surface area contributed by atoms with Crippen molar-refractivity contribution in [2.24, 2.45) is 5.10 Å². The molecule has 0 unspecified atom stereocenters. The van der Waals surface area contributed by atoms with Crippen molar-refractivity contribution in [1.29, 1.82) is 0 Å². The summed E-state index contributed by atoms with van der Waals surface area (Å²) in [5.74, 6) is -1.14. The number of nitrogens with zero attached hydrogens (tertiary/aromatic N) is 1. The first-order valence-corrected chi connectivity index (χ1v) is 11.8. The van der Waals surface area contributed by atoms with Crippen LogP contribution in [0.4, 0.5) is 5.69 Å². The van der Waals surface area contributed by atoms with Crippen molar-refractivity contribution in [2.45, 2.75) is 39.7 Å². The number of hydrogen-bond donors (Lipinski definition) is 3. The molecule has 1 heterocycles. The van der Waals surface area contributed by atoms with Gasteiger partial charge in [-0.2, -0.15) is 5.10 Å². The SMILES string of the molecule is CCOc1cc(/C=N\NC(=O)C(=O)NC[C@@H]2CCCO2)ccc1OCC(=O)Nc1ccc(C)cc1C. The van der Waals surface area contributed by atoms with Crippen LogP contribution in [0.15, 0.2) is 41.5 Å². The van der Waals surface area contributed by atoms with Crippen LogP contribution in [0.5, 0.6) is 11.5 Å². The van der Waals surface area contributed by atoms with Crippen molar-refractivity contribution in [3.05, 3.63) is 53.1 Å². The number of ether oxygens (including phenoxy) is 3. The Hall–Kier alpha value is -3.92. The van der Waals surface area contributed by atoms with Gasteiger partial charge in [-0.1, -0.05) is 17.7 Å². The highest BCUT2D eigenvalue weighted by Crippen LogP contribution is 2.28. The maximum Gasteiger partial charge on any atom is 0.329 e. The van der Waals surface area contributed by atoms with Crippen molar-refractivity contribution in [3.8, 4) is 11.5 Å². The highest BCUT2D eigenvalue weighted by Gasteiger charge is 2.19. The molecule has 10 nitrogen and oxygen atoms in total. The largest absolute Gasteiger partial charge is 0.490 e. The summed E-state index contributed by atoms with van der Waals surface area (Å²) in [6.07, 6.45) is 3.13. The average Bonchev–Trinajstić information content (AvgIpc) is 3.37. The molecule has 36 heavy (non-hydrogen) atoms. The molecule has 2 aromatic rings. The molecule has 0 spiro atoms. The zero-order chi connectivity index (χ0) is 25.9. The van der Waals surface area contributed by atoms with Crippen LogP contribution >= 0.6 is 0 Å². The molecule has 1 saturated heterocycles. The zero-order valence-electron chi connectivity index (χ0n) is 20.8. The zero-order valence-corrected chi connectivity index (χ0v) is 20.8. The third-order valence-electron chi connectivity index (χ3n) is 5.38. The number of carbonyl (C=O) groups excluding carboxylic acids is 3. The van der Waals surface area contributed by atoms with E-state index >= 15 is 0 Å². The fourth-order valence-corrected chi connectivity index (χ4v) is 3.58. The van der Waals surface area contributed by atoms with Crippen molar-refractivity contribution in [3.63, 3.8) is 0 Å². The van der Waals surface area contributed by atoms with Crippen LogP contribution in [0.1, 0.15) is 36.5 Å². The van der Waals surface area contributed by atoms with E-state index in [2.05, 4.69) is 21.2 Å². The summed E-state index contributed by atoms with van der Waals surface area (Å²) in [5.41, 5.74) is 5.61. The van der Waals surface area contributed by atoms with Gasteiger partial charge in [0.25, 0.3) is 5.91 Å². The van der Waals surface area contributed by atoms with Crippen molar-refractivity contribution in [2.75, 3.05) is 31.7 Å². The van der Waals surface area contributed by atoms with E-state index in [4.69, 9.17) is 14.2 Å². The topological polar surface area (TPSA) is 127 Å². The van der Waals surface area contributed by atoms with Gasteiger partial charge in [0.1, 0.15) is 0 Å². The van der Waals surface area contributed by atoms with Gasteiger partial charge in [-0.25, -0.2) is 5.43 Å².